The molecule has 0 saturated heterocycles. The summed E-state index contributed by atoms with van der Waals surface area (Å²) in [5.74, 6) is -0.498. The summed E-state index contributed by atoms with van der Waals surface area (Å²) in [5, 5.41) is 21.5. The van der Waals surface area contributed by atoms with Crippen LogP contribution in [0.5, 0.6) is 0 Å². The number of nitrogens with one attached hydrogen (secondary N) is 1. The number of carbonyl (C=O) groups excluding carboxylic acids is 2. The van der Waals surface area contributed by atoms with Crippen LogP contribution in [0.15, 0.2) is 30.3 Å². The van der Waals surface area contributed by atoms with Gasteiger partial charge in [0.15, 0.2) is 5.78 Å². The molecule has 0 aliphatic carbocycles. The third-order valence-corrected chi connectivity index (χ3v) is 3.37. The zero-order valence-corrected chi connectivity index (χ0v) is 12.5. The topological polar surface area (TPSA) is 86.6 Å². The van der Waals surface area contributed by atoms with E-state index in [-0.39, 0.29) is 12.4 Å². The molecule has 1 aromatic rings. The van der Waals surface area contributed by atoms with E-state index in [1.165, 1.54) is 0 Å². The Morgan fingerprint density at radius 1 is 1.24 bits per heavy atom. The largest absolute Gasteiger partial charge is 0.396 e. The second kappa shape index (κ2) is 7.90. The van der Waals surface area contributed by atoms with Crippen LogP contribution in [0.1, 0.15) is 37.0 Å². The highest BCUT2D eigenvalue weighted by molar-refractivity contribution is 5.96. The minimum absolute atomic E-state index is 0.0288. The SMILES string of the molecule is CC(C)(CO)C(O)C(=O)NCCCC(=O)c1ccccc1. The molecule has 5 heteroatoms. The molecule has 5 nitrogen and oxygen atoms in total. The van der Waals surface area contributed by atoms with Gasteiger partial charge in [-0.25, -0.2) is 0 Å². The van der Waals surface area contributed by atoms with Crippen LogP contribution in [-0.4, -0.2) is 41.2 Å². The van der Waals surface area contributed by atoms with Gasteiger partial charge in [0.25, 0.3) is 0 Å². The summed E-state index contributed by atoms with van der Waals surface area (Å²) in [4.78, 5) is 23.5. The van der Waals surface area contributed by atoms with Crippen LogP contribution in [0.25, 0.3) is 0 Å². The number of rotatable bonds is 8. The van der Waals surface area contributed by atoms with Gasteiger partial charge in [-0.1, -0.05) is 44.2 Å². The Labute approximate surface area is 125 Å². The number of ketones is 1. The zero-order valence-electron chi connectivity index (χ0n) is 12.5. The third-order valence-electron chi connectivity index (χ3n) is 3.37. The van der Waals surface area contributed by atoms with E-state index < -0.39 is 17.4 Å². The van der Waals surface area contributed by atoms with Crippen molar-refractivity contribution >= 4 is 11.7 Å². The van der Waals surface area contributed by atoms with E-state index in [1.807, 2.05) is 18.2 Å². The molecule has 0 aromatic heterocycles. The number of aliphatic hydroxyl groups excluding tert-OH is 2. The average Bonchev–Trinajstić information content (AvgIpc) is 2.51. The first kappa shape index (κ1) is 17.3. The number of Topliss-reactive ketones (excluding diaryl/α,β-unsaturated/α-hetero) is 1. The summed E-state index contributed by atoms with van der Waals surface area (Å²) in [5.41, 5.74) is -0.227. The maximum absolute atomic E-state index is 11.8. The van der Waals surface area contributed by atoms with E-state index in [0.29, 0.717) is 24.9 Å². The molecule has 1 unspecified atom stereocenters. The maximum Gasteiger partial charge on any atom is 0.249 e. The average molecular weight is 293 g/mol. The first-order chi connectivity index (χ1) is 9.88. The summed E-state index contributed by atoms with van der Waals surface area (Å²) < 4.78 is 0. The van der Waals surface area contributed by atoms with Gasteiger partial charge < -0.3 is 15.5 Å². The van der Waals surface area contributed by atoms with Crippen molar-refractivity contribution in [3.63, 3.8) is 0 Å². The Hall–Kier alpha value is -1.72. The third kappa shape index (κ3) is 5.28. The fourth-order valence-electron chi connectivity index (χ4n) is 1.77. The fraction of sp³-hybridized carbons (Fsp3) is 0.500. The normalized spacial score (nSPS) is 12.8. The lowest BCUT2D eigenvalue weighted by atomic mass is 9.87. The fourth-order valence-corrected chi connectivity index (χ4v) is 1.77. The van der Waals surface area contributed by atoms with Gasteiger partial charge in [0.2, 0.25) is 5.91 Å². The van der Waals surface area contributed by atoms with Gasteiger partial charge in [0, 0.05) is 23.9 Å². The summed E-state index contributed by atoms with van der Waals surface area (Å²) in [7, 11) is 0. The first-order valence-corrected chi connectivity index (χ1v) is 7.03. The molecule has 1 atom stereocenters. The van der Waals surface area contributed by atoms with Crippen LogP contribution < -0.4 is 5.32 Å². The monoisotopic (exact) mass is 293 g/mol. The van der Waals surface area contributed by atoms with Crippen molar-refractivity contribution in [2.45, 2.75) is 32.8 Å². The Morgan fingerprint density at radius 3 is 2.43 bits per heavy atom. The van der Waals surface area contributed by atoms with Crippen molar-refractivity contribution < 1.29 is 19.8 Å². The molecule has 0 heterocycles. The van der Waals surface area contributed by atoms with Crippen molar-refractivity contribution in [3.8, 4) is 0 Å². The molecule has 0 spiro atoms. The number of hydrogen-bond donors (Lipinski definition) is 3. The molecule has 21 heavy (non-hydrogen) atoms. The standard InChI is InChI=1S/C16H23NO4/c1-16(2,11-18)14(20)15(21)17-10-6-9-13(19)12-7-4-3-5-8-12/h3-5,7-8,14,18,20H,6,9-11H2,1-2H3,(H,17,21). The Bertz CT molecular complexity index is 470. The molecule has 0 fully saturated rings. The lowest BCUT2D eigenvalue weighted by Gasteiger charge is -2.27. The van der Waals surface area contributed by atoms with E-state index in [2.05, 4.69) is 5.32 Å². The molecule has 0 aliphatic rings. The van der Waals surface area contributed by atoms with E-state index in [1.54, 1.807) is 26.0 Å². The zero-order chi connectivity index (χ0) is 15.9. The van der Waals surface area contributed by atoms with Gasteiger partial charge in [0.1, 0.15) is 6.10 Å². The summed E-state index contributed by atoms with van der Waals surface area (Å²) in [6, 6.07) is 8.98. The van der Waals surface area contributed by atoms with Gasteiger partial charge >= 0.3 is 0 Å². The summed E-state index contributed by atoms with van der Waals surface area (Å²) in [6.45, 7) is 3.25. The molecular formula is C16H23NO4. The first-order valence-electron chi connectivity index (χ1n) is 7.03. The van der Waals surface area contributed by atoms with Crippen molar-refractivity contribution in [1.29, 1.82) is 0 Å². The Kier molecular flexibility index (Phi) is 6.52. The van der Waals surface area contributed by atoms with Crippen LogP contribution in [0.4, 0.5) is 0 Å². The molecule has 0 radical (unpaired) electrons. The number of amides is 1. The van der Waals surface area contributed by atoms with Crippen molar-refractivity contribution in [2.75, 3.05) is 13.2 Å². The molecule has 0 aliphatic heterocycles. The van der Waals surface area contributed by atoms with Gasteiger partial charge in [0.05, 0.1) is 6.61 Å². The van der Waals surface area contributed by atoms with Crippen LogP contribution >= 0.6 is 0 Å². The minimum Gasteiger partial charge on any atom is -0.396 e. The van der Waals surface area contributed by atoms with E-state index in [0.717, 1.165) is 0 Å². The molecule has 1 amide bonds. The lowest BCUT2D eigenvalue weighted by Crippen LogP contribution is -2.45. The van der Waals surface area contributed by atoms with Crippen LogP contribution in [0.3, 0.4) is 0 Å². The van der Waals surface area contributed by atoms with Crippen molar-refractivity contribution in [1.82, 2.24) is 5.32 Å². The number of benzene rings is 1. The molecule has 0 saturated carbocycles. The maximum atomic E-state index is 11.8. The number of hydrogen-bond acceptors (Lipinski definition) is 4. The molecule has 1 aromatic carbocycles. The quantitative estimate of drug-likeness (QED) is 0.495. The summed E-state index contributed by atoms with van der Waals surface area (Å²) >= 11 is 0. The minimum atomic E-state index is -1.27. The molecule has 0 bridgehead atoms. The predicted molar refractivity (Wildman–Crippen MR) is 79.9 cm³/mol. The second-order valence-electron chi connectivity index (χ2n) is 5.73. The highest BCUT2D eigenvalue weighted by Gasteiger charge is 2.32. The van der Waals surface area contributed by atoms with Crippen molar-refractivity contribution in [2.24, 2.45) is 5.41 Å². The highest BCUT2D eigenvalue weighted by atomic mass is 16.3. The number of aliphatic hydroxyl groups is 2. The van der Waals surface area contributed by atoms with Gasteiger partial charge in [-0.3, -0.25) is 9.59 Å². The smallest absolute Gasteiger partial charge is 0.249 e. The van der Waals surface area contributed by atoms with Gasteiger partial charge in [-0.05, 0) is 6.42 Å². The number of carbonyl (C=O) groups is 2. The highest BCUT2D eigenvalue weighted by Crippen LogP contribution is 2.19. The molecular weight excluding hydrogens is 270 g/mol. The van der Waals surface area contributed by atoms with Crippen LogP contribution in [0, 0.1) is 5.41 Å². The summed E-state index contributed by atoms with van der Waals surface area (Å²) in [6.07, 6.45) is -0.428. The van der Waals surface area contributed by atoms with Gasteiger partial charge in [-0.2, -0.15) is 0 Å². The molecule has 1 rings (SSSR count). The van der Waals surface area contributed by atoms with E-state index >= 15 is 0 Å². The lowest BCUT2D eigenvalue weighted by molar-refractivity contribution is -0.137. The van der Waals surface area contributed by atoms with E-state index in [4.69, 9.17) is 5.11 Å². The van der Waals surface area contributed by atoms with Crippen molar-refractivity contribution in [3.05, 3.63) is 35.9 Å². The molecule has 116 valence electrons. The van der Waals surface area contributed by atoms with Crippen LogP contribution in [-0.2, 0) is 4.79 Å². The Morgan fingerprint density at radius 2 is 1.86 bits per heavy atom. The van der Waals surface area contributed by atoms with E-state index in [9.17, 15) is 14.7 Å². The Balaban J connectivity index is 2.31. The molecule has 3 N–H and O–H groups in total. The van der Waals surface area contributed by atoms with Gasteiger partial charge in [-0.15, -0.1) is 0 Å². The predicted octanol–water partition coefficient (Wildman–Crippen LogP) is 1.15. The van der Waals surface area contributed by atoms with Crippen LogP contribution in [0.2, 0.25) is 0 Å². The second-order valence-corrected chi connectivity index (χ2v) is 5.73.